The summed E-state index contributed by atoms with van der Waals surface area (Å²) in [6, 6.07) is 12.8. The molecule has 0 saturated carbocycles. The van der Waals surface area contributed by atoms with E-state index in [2.05, 4.69) is 21.2 Å². The zero-order chi connectivity index (χ0) is 13.8. The molecular weight excluding hydrogens is 329 g/mol. The summed E-state index contributed by atoms with van der Waals surface area (Å²) in [4.78, 5) is 0. The van der Waals surface area contributed by atoms with E-state index in [4.69, 9.17) is 11.6 Å². The van der Waals surface area contributed by atoms with Crippen LogP contribution in [0.25, 0.3) is 0 Å². The molecule has 0 aliphatic heterocycles. The van der Waals surface area contributed by atoms with E-state index in [1.165, 1.54) is 6.07 Å². The third kappa shape index (κ3) is 3.56. The van der Waals surface area contributed by atoms with Crippen LogP contribution in [0.2, 0.25) is 5.02 Å². The maximum absolute atomic E-state index is 13.4. The van der Waals surface area contributed by atoms with Crippen LogP contribution < -0.4 is 5.32 Å². The van der Waals surface area contributed by atoms with Crippen molar-refractivity contribution in [3.63, 3.8) is 0 Å². The Morgan fingerprint density at radius 3 is 2.68 bits per heavy atom. The van der Waals surface area contributed by atoms with Gasteiger partial charge in [-0.3, -0.25) is 0 Å². The lowest BCUT2D eigenvalue weighted by atomic mass is 10.1. The molecule has 4 heteroatoms. The van der Waals surface area contributed by atoms with Crippen molar-refractivity contribution in [3.8, 4) is 0 Å². The summed E-state index contributed by atoms with van der Waals surface area (Å²) < 4.78 is 13.9. The van der Waals surface area contributed by atoms with E-state index in [0.717, 1.165) is 16.1 Å². The zero-order valence-electron chi connectivity index (χ0n) is 10.5. The van der Waals surface area contributed by atoms with Gasteiger partial charge in [0.2, 0.25) is 0 Å². The average Bonchev–Trinajstić information content (AvgIpc) is 2.40. The van der Waals surface area contributed by atoms with Gasteiger partial charge in [0.1, 0.15) is 5.82 Å². The van der Waals surface area contributed by atoms with Gasteiger partial charge in [-0.25, -0.2) is 4.39 Å². The first-order chi connectivity index (χ1) is 9.09. The quantitative estimate of drug-likeness (QED) is 0.816. The van der Waals surface area contributed by atoms with E-state index in [0.29, 0.717) is 11.0 Å². The fourth-order valence-electron chi connectivity index (χ4n) is 1.88. The molecule has 1 atom stereocenters. The van der Waals surface area contributed by atoms with E-state index in [9.17, 15) is 4.39 Å². The fourth-order valence-corrected chi connectivity index (χ4v) is 2.59. The van der Waals surface area contributed by atoms with Gasteiger partial charge in [0.05, 0.1) is 4.47 Å². The Morgan fingerprint density at radius 2 is 1.95 bits per heavy atom. The molecule has 100 valence electrons. The lowest BCUT2D eigenvalue weighted by molar-refractivity contribution is 0.566. The third-order valence-corrected chi connectivity index (χ3v) is 4.23. The van der Waals surface area contributed by atoms with Crippen molar-refractivity contribution in [1.82, 2.24) is 5.32 Å². The molecule has 2 aromatic rings. The molecule has 0 spiro atoms. The Balaban J connectivity index is 2.07. The van der Waals surface area contributed by atoms with Crippen LogP contribution in [0.1, 0.15) is 24.1 Å². The first-order valence-corrected chi connectivity index (χ1v) is 7.17. The summed E-state index contributed by atoms with van der Waals surface area (Å²) in [5.41, 5.74) is 1.93. The van der Waals surface area contributed by atoms with E-state index in [1.807, 2.05) is 37.3 Å². The minimum absolute atomic E-state index is 0.101. The number of hydrogen-bond acceptors (Lipinski definition) is 1. The van der Waals surface area contributed by atoms with Gasteiger partial charge in [0.15, 0.2) is 0 Å². The second-order valence-corrected chi connectivity index (χ2v) is 5.54. The van der Waals surface area contributed by atoms with E-state index in [1.54, 1.807) is 6.07 Å². The Morgan fingerprint density at radius 1 is 1.21 bits per heavy atom. The van der Waals surface area contributed by atoms with Gasteiger partial charge < -0.3 is 5.32 Å². The van der Waals surface area contributed by atoms with Gasteiger partial charge >= 0.3 is 0 Å². The van der Waals surface area contributed by atoms with Crippen molar-refractivity contribution in [2.75, 3.05) is 0 Å². The molecular formula is C15H14BrClFN. The molecule has 0 unspecified atom stereocenters. The molecule has 0 aliphatic rings. The number of benzene rings is 2. The summed E-state index contributed by atoms with van der Waals surface area (Å²) in [5.74, 6) is -0.246. The normalized spacial score (nSPS) is 12.4. The van der Waals surface area contributed by atoms with Crippen LogP contribution in [0.4, 0.5) is 4.39 Å². The molecule has 0 amide bonds. The predicted octanol–water partition coefficient (Wildman–Crippen LogP) is 5.09. The molecule has 0 fully saturated rings. The van der Waals surface area contributed by atoms with Crippen molar-refractivity contribution in [2.45, 2.75) is 19.5 Å². The lowest BCUT2D eigenvalue weighted by Gasteiger charge is -2.16. The highest BCUT2D eigenvalue weighted by molar-refractivity contribution is 9.10. The van der Waals surface area contributed by atoms with Crippen LogP contribution in [0.5, 0.6) is 0 Å². The highest BCUT2D eigenvalue weighted by atomic mass is 79.9. The molecule has 0 heterocycles. The van der Waals surface area contributed by atoms with Crippen LogP contribution >= 0.6 is 27.5 Å². The standard InChI is InChI=1S/C15H14BrClFN/c1-10(12-6-2-3-7-13(12)17)19-9-11-5-4-8-14(18)15(11)16/h2-8,10,19H,9H2,1H3/t10-/m1/s1. The number of hydrogen-bond donors (Lipinski definition) is 1. The average molecular weight is 343 g/mol. The van der Waals surface area contributed by atoms with Crippen molar-refractivity contribution < 1.29 is 4.39 Å². The molecule has 2 rings (SSSR count). The maximum atomic E-state index is 13.4. The monoisotopic (exact) mass is 341 g/mol. The SMILES string of the molecule is C[C@@H](NCc1cccc(F)c1Br)c1ccccc1Cl. The summed E-state index contributed by atoms with van der Waals surface area (Å²) in [5, 5.41) is 4.08. The molecule has 0 aliphatic carbocycles. The first kappa shape index (κ1) is 14.5. The van der Waals surface area contributed by atoms with E-state index < -0.39 is 0 Å². The van der Waals surface area contributed by atoms with Crippen molar-refractivity contribution >= 4 is 27.5 Å². The van der Waals surface area contributed by atoms with Gasteiger partial charge in [-0.05, 0) is 46.1 Å². The number of rotatable bonds is 4. The molecule has 1 nitrogen and oxygen atoms in total. The van der Waals surface area contributed by atoms with Gasteiger partial charge in [-0.1, -0.05) is 41.9 Å². The lowest BCUT2D eigenvalue weighted by Crippen LogP contribution is -2.18. The molecule has 1 N–H and O–H groups in total. The second kappa shape index (κ2) is 6.51. The summed E-state index contributed by atoms with van der Waals surface area (Å²) in [6.45, 7) is 2.61. The second-order valence-electron chi connectivity index (χ2n) is 4.34. The highest BCUT2D eigenvalue weighted by Gasteiger charge is 2.10. The molecule has 19 heavy (non-hydrogen) atoms. The molecule has 0 aromatic heterocycles. The Bertz CT molecular complexity index is 574. The van der Waals surface area contributed by atoms with Crippen LogP contribution in [-0.4, -0.2) is 0 Å². The number of halogens is 3. The van der Waals surface area contributed by atoms with Crippen molar-refractivity contribution in [1.29, 1.82) is 0 Å². The Labute approximate surface area is 125 Å². The van der Waals surface area contributed by atoms with Gasteiger partial charge in [0, 0.05) is 17.6 Å². The largest absolute Gasteiger partial charge is 0.306 e. The third-order valence-electron chi connectivity index (χ3n) is 3.00. The highest BCUT2D eigenvalue weighted by Crippen LogP contribution is 2.24. The smallest absolute Gasteiger partial charge is 0.137 e. The van der Waals surface area contributed by atoms with Gasteiger partial charge in [-0.2, -0.15) is 0 Å². The minimum atomic E-state index is -0.246. The zero-order valence-corrected chi connectivity index (χ0v) is 12.8. The Kier molecular flexibility index (Phi) is 4.97. The minimum Gasteiger partial charge on any atom is -0.306 e. The first-order valence-electron chi connectivity index (χ1n) is 6.00. The topological polar surface area (TPSA) is 12.0 Å². The fraction of sp³-hybridized carbons (Fsp3) is 0.200. The number of nitrogens with one attached hydrogen (secondary N) is 1. The molecule has 0 saturated heterocycles. The summed E-state index contributed by atoms with van der Waals surface area (Å²) >= 11 is 9.41. The van der Waals surface area contributed by atoms with E-state index >= 15 is 0 Å². The van der Waals surface area contributed by atoms with Crippen LogP contribution in [0.15, 0.2) is 46.9 Å². The maximum Gasteiger partial charge on any atom is 0.137 e. The molecule has 0 radical (unpaired) electrons. The van der Waals surface area contributed by atoms with Gasteiger partial charge in [-0.15, -0.1) is 0 Å². The van der Waals surface area contributed by atoms with E-state index in [-0.39, 0.29) is 11.9 Å². The Hall–Kier alpha value is -0.900. The summed E-state index contributed by atoms with van der Waals surface area (Å²) in [6.07, 6.45) is 0. The molecule has 0 bridgehead atoms. The van der Waals surface area contributed by atoms with Gasteiger partial charge in [0.25, 0.3) is 0 Å². The van der Waals surface area contributed by atoms with Crippen LogP contribution in [0, 0.1) is 5.82 Å². The van der Waals surface area contributed by atoms with Crippen molar-refractivity contribution in [3.05, 3.63) is 68.9 Å². The molecule has 2 aromatic carbocycles. The van der Waals surface area contributed by atoms with Crippen LogP contribution in [-0.2, 0) is 6.54 Å². The van der Waals surface area contributed by atoms with Crippen LogP contribution in [0.3, 0.4) is 0 Å². The predicted molar refractivity (Wildman–Crippen MR) is 80.8 cm³/mol. The van der Waals surface area contributed by atoms with Crippen molar-refractivity contribution in [2.24, 2.45) is 0 Å². The summed E-state index contributed by atoms with van der Waals surface area (Å²) in [7, 11) is 0.